The van der Waals surface area contributed by atoms with E-state index >= 15 is 0 Å². The predicted octanol–water partition coefficient (Wildman–Crippen LogP) is 3.35. The molecule has 1 heterocycles. The Hall–Kier alpha value is -2.69. The average molecular weight is 380 g/mol. The molecule has 4 nitrogen and oxygen atoms in total. The maximum atomic E-state index is 13.0. The third-order valence-electron chi connectivity index (χ3n) is 5.94. The van der Waals surface area contributed by atoms with Crippen LogP contribution >= 0.6 is 0 Å². The molecule has 2 aromatic carbocycles. The van der Waals surface area contributed by atoms with Gasteiger partial charge in [-0.2, -0.15) is 0 Å². The number of rotatable bonds is 3. The summed E-state index contributed by atoms with van der Waals surface area (Å²) in [5.41, 5.74) is 3.21. The molecule has 1 N–H and O–H groups in total. The zero-order valence-corrected chi connectivity index (χ0v) is 15.9. The molecule has 146 valence electrons. The molecular formula is C23H25FN2O2. The fraction of sp³-hybridized carbons (Fsp3) is 0.391. The Morgan fingerprint density at radius 2 is 1.61 bits per heavy atom. The van der Waals surface area contributed by atoms with Crippen LogP contribution in [0.2, 0.25) is 0 Å². The summed E-state index contributed by atoms with van der Waals surface area (Å²) in [6, 6.07) is 14.3. The number of carbonyl (C=O) groups is 2. The molecule has 0 spiro atoms. The fourth-order valence-corrected chi connectivity index (χ4v) is 4.26. The summed E-state index contributed by atoms with van der Waals surface area (Å²) in [7, 11) is 0. The lowest BCUT2D eigenvalue weighted by Gasteiger charge is -2.33. The number of amides is 2. The number of likely N-dealkylation sites (tertiary alicyclic amines) is 1. The van der Waals surface area contributed by atoms with Crippen LogP contribution in [0, 0.1) is 11.7 Å². The van der Waals surface area contributed by atoms with E-state index in [1.165, 1.54) is 35.4 Å². The van der Waals surface area contributed by atoms with Crippen molar-refractivity contribution < 1.29 is 14.0 Å². The molecule has 1 atom stereocenters. The van der Waals surface area contributed by atoms with E-state index in [0.717, 1.165) is 19.3 Å². The van der Waals surface area contributed by atoms with E-state index in [4.69, 9.17) is 0 Å². The van der Waals surface area contributed by atoms with Crippen LogP contribution in [0.5, 0.6) is 0 Å². The second-order valence-corrected chi connectivity index (χ2v) is 7.79. The molecule has 0 radical (unpaired) electrons. The van der Waals surface area contributed by atoms with Gasteiger partial charge in [0.25, 0.3) is 5.91 Å². The summed E-state index contributed by atoms with van der Waals surface area (Å²) in [5.74, 6) is -0.382. The highest BCUT2D eigenvalue weighted by Crippen LogP contribution is 2.23. The van der Waals surface area contributed by atoms with Crippen LogP contribution in [0.25, 0.3) is 0 Å². The summed E-state index contributed by atoms with van der Waals surface area (Å²) < 4.78 is 13.0. The monoisotopic (exact) mass is 380 g/mol. The molecule has 0 aromatic heterocycles. The molecule has 1 fully saturated rings. The first-order valence-corrected chi connectivity index (χ1v) is 10.0. The van der Waals surface area contributed by atoms with E-state index < -0.39 is 0 Å². The maximum Gasteiger partial charge on any atom is 0.253 e. The highest BCUT2D eigenvalue weighted by Gasteiger charge is 2.29. The molecule has 4 rings (SSSR count). The number of benzene rings is 2. The Kier molecular flexibility index (Phi) is 5.42. The molecular weight excluding hydrogens is 355 g/mol. The summed E-state index contributed by atoms with van der Waals surface area (Å²) in [5, 5.41) is 3.23. The topological polar surface area (TPSA) is 49.4 Å². The van der Waals surface area contributed by atoms with Gasteiger partial charge in [-0.05, 0) is 67.5 Å². The molecule has 2 aromatic rings. The van der Waals surface area contributed by atoms with Gasteiger partial charge in [0.1, 0.15) is 5.82 Å². The van der Waals surface area contributed by atoms with E-state index in [1.54, 1.807) is 4.90 Å². The molecule has 1 saturated heterocycles. The van der Waals surface area contributed by atoms with Gasteiger partial charge in [-0.1, -0.05) is 24.3 Å². The molecule has 2 amide bonds. The van der Waals surface area contributed by atoms with Crippen molar-refractivity contribution in [3.63, 3.8) is 0 Å². The molecule has 0 bridgehead atoms. The van der Waals surface area contributed by atoms with Gasteiger partial charge in [0.2, 0.25) is 5.91 Å². The van der Waals surface area contributed by atoms with Crippen LogP contribution in [0.1, 0.15) is 40.7 Å². The third-order valence-corrected chi connectivity index (χ3v) is 5.94. The van der Waals surface area contributed by atoms with Crippen molar-refractivity contribution in [1.82, 2.24) is 10.2 Å². The van der Waals surface area contributed by atoms with Gasteiger partial charge in [0.05, 0.1) is 0 Å². The standard InChI is InChI=1S/C23H25FN2O2/c24-20-8-5-18(6-9-20)23(28)26-13-11-17(12-14-26)22(27)25-21-10-7-16-3-1-2-4-19(16)15-21/h1-6,8-9,17,21H,7,10-15H2,(H,25,27). The Morgan fingerprint density at radius 1 is 0.929 bits per heavy atom. The molecule has 5 heteroatoms. The number of piperidine rings is 1. The Balaban J connectivity index is 1.28. The number of halogens is 1. The van der Waals surface area contributed by atoms with E-state index in [0.29, 0.717) is 31.5 Å². The number of nitrogens with one attached hydrogen (secondary N) is 1. The largest absolute Gasteiger partial charge is 0.353 e. The van der Waals surface area contributed by atoms with E-state index in [9.17, 15) is 14.0 Å². The highest BCUT2D eigenvalue weighted by atomic mass is 19.1. The van der Waals surface area contributed by atoms with E-state index in [2.05, 4.69) is 29.6 Å². The maximum absolute atomic E-state index is 13.0. The quantitative estimate of drug-likeness (QED) is 0.888. The minimum absolute atomic E-state index is 0.0468. The van der Waals surface area contributed by atoms with Crippen molar-refractivity contribution in [3.8, 4) is 0 Å². The SMILES string of the molecule is O=C(NC1CCc2ccccc2C1)C1CCN(C(=O)c2ccc(F)cc2)CC1. The lowest BCUT2D eigenvalue weighted by molar-refractivity contribution is -0.127. The first-order chi connectivity index (χ1) is 13.6. The van der Waals surface area contributed by atoms with Crippen molar-refractivity contribution in [2.24, 2.45) is 5.92 Å². The van der Waals surface area contributed by atoms with Crippen LogP contribution in [-0.2, 0) is 17.6 Å². The Morgan fingerprint density at radius 3 is 2.32 bits per heavy atom. The second-order valence-electron chi connectivity index (χ2n) is 7.79. The van der Waals surface area contributed by atoms with Gasteiger partial charge < -0.3 is 10.2 Å². The minimum atomic E-state index is -0.350. The van der Waals surface area contributed by atoms with E-state index in [-0.39, 0.29) is 29.6 Å². The lowest BCUT2D eigenvalue weighted by atomic mass is 9.87. The number of nitrogens with zero attached hydrogens (tertiary/aromatic N) is 1. The molecule has 1 aliphatic heterocycles. The Bertz CT molecular complexity index is 857. The highest BCUT2D eigenvalue weighted by molar-refractivity contribution is 5.94. The average Bonchev–Trinajstić information content (AvgIpc) is 2.74. The van der Waals surface area contributed by atoms with Crippen molar-refractivity contribution in [1.29, 1.82) is 0 Å². The van der Waals surface area contributed by atoms with Gasteiger partial charge >= 0.3 is 0 Å². The number of fused-ring (bicyclic) bond motifs is 1. The van der Waals surface area contributed by atoms with Gasteiger partial charge in [0.15, 0.2) is 0 Å². The van der Waals surface area contributed by atoms with Crippen LogP contribution in [0.4, 0.5) is 4.39 Å². The van der Waals surface area contributed by atoms with Crippen molar-refractivity contribution >= 4 is 11.8 Å². The van der Waals surface area contributed by atoms with Crippen LogP contribution in [0.3, 0.4) is 0 Å². The van der Waals surface area contributed by atoms with Crippen LogP contribution < -0.4 is 5.32 Å². The summed E-state index contributed by atoms with van der Waals surface area (Å²) >= 11 is 0. The zero-order chi connectivity index (χ0) is 19.5. The fourth-order valence-electron chi connectivity index (χ4n) is 4.26. The van der Waals surface area contributed by atoms with Crippen molar-refractivity contribution in [2.45, 2.75) is 38.1 Å². The number of hydrogen-bond acceptors (Lipinski definition) is 2. The van der Waals surface area contributed by atoms with Crippen LogP contribution in [-0.4, -0.2) is 35.8 Å². The molecule has 2 aliphatic rings. The second kappa shape index (κ2) is 8.13. The molecule has 28 heavy (non-hydrogen) atoms. The normalized spacial score (nSPS) is 19.8. The van der Waals surface area contributed by atoms with Crippen molar-refractivity contribution in [3.05, 3.63) is 71.0 Å². The lowest BCUT2D eigenvalue weighted by Crippen LogP contribution is -2.46. The first kappa shape index (κ1) is 18.7. The zero-order valence-electron chi connectivity index (χ0n) is 15.9. The van der Waals surface area contributed by atoms with Gasteiger partial charge in [-0.25, -0.2) is 4.39 Å². The van der Waals surface area contributed by atoms with Crippen LogP contribution in [0.15, 0.2) is 48.5 Å². The number of carbonyl (C=O) groups excluding carboxylic acids is 2. The third kappa shape index (κ3) is 4.08. The van der Waals surface area contributed by atoms with Gasteiger partial charge in [0, 0.05) is 30.6 Å². The predicted molar refractivity (Wildman–Crippen MR) is 105 cm³/mol. The molecule has 1 aliphatic carbocycles. The van der Waals surface area contributed by atoms with Crippen molar-refractivity contribution in [2.75, 3.05) is 13.1 Å². The minimum Gasteiger partial charge on any atom is -0.353 e. The Labute approximate surface area is 164 Å². The molecule has 0 saturated carbocycles. The summed E-state index contributed by atoms with van der Waals surface area (Å²) in [4.78, 5) is 27.0. The van der Waals surface area contributed by atoms with E-state index in [1.807, 2.05) is 0 Å². The number of aryl methyl sites for hydroxylation is 1. The van der Waals surface area contributed by atoms with Gasteiger partial charge in [-0.15, -0.1) is 0 Å². The smallest absolute Gasteiger partial charge is 0.253 e. The van der Waals surface area contributed by atoms with Gasteiger partial charge in [-0.3, -0.25) is 9.59 Å². The number of hydrogen-bond donors (Lipinski definition) is 1. The summed E-state index contributed by atoms with van der Waals surface area (Å²) in [6.45, 7) is 1.11. The molecule has 1 unspecified atom stereocenters. The summed E-state index contributed by atoms with van der Waals surface area (Å²) in [6.07, 6.45) is 4.21. The first-order valence-electron chi connectivity index (χ1n) is 10.0.